The number of rotatable bonds is 6. The van der Waals surface area contributed by atoms with Crippen molar-refractivity contribution >= 4 is 23.6 Å². The molecule has 3 rings (SSSR count). The third-order valence-corrected chi connectivity index (χ3v) is 3.81. The van der Waals surface area contributed by atoms with E-state index in [2.05, 4.69) is 15.5 Å². The van der Waals surface area contributed by atoms with Gasteiger partial charge in [-0.15, -0.1) is 5.10 Å². The van der Waals surface area contributed by atoms with E-state index in [1.54, 1.807) is 19.1 Å². The topological polar surface area (TPSA) is 110 Å². The first kappa shape index (κ1) is 19.5. The average molecular weight is 387 g/mol. The molecule has 29 heavy (non-hydrogen) atoms. The zero-order valence-electron chi connectivity index (χ0n) is 15.6. The van der Waals surface area contributed by atoms with Crippen molar-refractivity contribution in [2.24, 2.45) is 0 Å². The molecular formula is C21H17N5O3. The Kier molecular flexibility index (Phi) is 6.12. The number of benzene rings is 2. The number of hydrogen-bond donors (Lipinski definition) is 1. The van der Waals surface area contributed by atoms with E-state index in [-0.39, 0.29) is 12.2 Å². The lowest BCUT2D eigenvalue weighted by atomic mass is 10.2. The summed E-state index contributed by atoms with van der Waals surface area (Å²) in [6.07, 6.45) is 2.82. The number of ether oxygens (including phenoxy) is 1. The Morgan fingerprint density at radius 2 is 1.90 bits per heavy atom. The Morgan fingerprint density at radius 3 is 2.55 bits per heavy atom. The van der Waals surface area contributed by atoms with E-state index >= 15 is 0 Å². The van der Waals surface area contributed by atoms with E-state index in [0.29, 0.717) is 16.9 Å². The van der Waals surface area contributed by atoms with Crippen molar-refractivity contribution in [2.75, 3.05) is 11.9 Å². The molecule has 0 aliphatic carbocycles. The molecule has 1 N–H and O–H groups in total. The minimum atomic E-state index is -0.592. The fourth-order valence-electron chi connectivity index (χ4n) is 2.43. The fourth-order valence-corrected chi connectivity index (χ4v) is 2.43. The lowest BCUT2D eigenvalue weighted by Crippen LogP contribution is -2.13. The normalized spacial score (nSPS) is 10.8. The fraction of sp³-hybridized carbons (Fsp3) is 0.0952. The smallest absolute Gasteiger partial charge is 0.338 e. The highest BCUT2D eigenvalue weighted by molar-refractivity contribution is 6.09. The van der Waals surface area contributed by atoms with Crippen LogP contribution in [0.3, 0.4) is 0 Å². The van der Waals surface area contributed by atoms with E-state index in [1.165, 1.54) is 29.2 Å². The molecule has 8 nitrogen and oxygen atoms in total. The Labute approximate surface area is 167 Å². The van der Waals surface area contributed by atoms with Crippen LogP contribution in [-0.2, 0) is 9.53 Å². The molecule has 1 aromatic heterocycles. The molecule has 0 spiro atoms. The van der Waals surface area contributed by atoms with E-state index < -0.39 is 11.9 Å². The number of carbonyl (C=O) groups is 2. The second-order valence-corrected chi connectivity index (χ2v) is 5.82. The number of amides is 1. The summed E-state index contributed by atoms with van der Waals surface area (Å²) >= 11 is 0. The Morgan fingerprint density at radius 1 is 1.17 bits per heavy atom. The largest absolute Gasteiger partial charge is 0.462 e. The summed E-state index contributed by atoms with van der Waals surface area (Å²) in [5.74, 6) is -1.03. The third kappa shape index (κ3) is 4.93. The van der Waals surface area contributed by atoms with Gasteiger partial charge in [0.2, 0.25) is 0 Å². The number of esters is 1. The first-order valence-electron chi connectivity index (χ1n) is 8.79. The molecule has 1 heterocycles. The molecule has 2 aromatic carbocycles. The highest BCUT2D eigenvalue weighted by Gasteiger charge is 2.12. The first-order valence-corrected chi connectivity index (χ1v) is 8.79. The van der Waals surface area contributed by atoms with Crippen molar-refractivity contribution in [1.29, 1.82) is 5.26 Å². The standard InChI is InChI=1S/C21H17N5O3/c1-2-29-21(28)15-8-10-17(11-9-15)24-20(27)16(13-22)12-18-14-23-26(25-18)19-6-4-3-5-7-19/h3-12,14H,2H2,1H3,(H,24,27)/b16-12-. The van der Waals surface area contributed by atoms with E-state index in [9.17, 15) is 14.9 Å². The van der Waals surface area contributed by atoms with Crippen molar-refractivity contribution in [1.82, 2.24) is 15.0 Å². The van der Waals surface area contributed by atoms with Crippen LogP contribution in [0.1, 0.15) is 23.0 Å². The molecule has 0 atom stereocenters. The molecule has 0 saturated heterocycles. The number of carbonyl (C=O) groups excluding carboxylic acids is 2. The van der Waals surface area contributed by atoms with Crippen LogP contribution >= 0.6 is 0 Å². The minimum Gasteiger partial charge on any atom is -0.462 e. The zero-order valence-corrected chi connectivity index (χ0v) is 15.6. The van der Waals surface area contributed by atoms with Crippen LogP contribution in [0.5, 0.6) is 0 Å². The predicted octanol–water partition coefficient (Wildman–Crippen LogP) is 2.99. The highest BCUT2D eigenvalue weighted by Crippen LogP contribution is 2.13. The van der Waals surface area contributed by atoms with Gasteiger partial charge in [-0.2, -0.15) is 15.2 Å². The van der Waals surface area contributed by atoms with Gasteiger partial charge < -0.3 is 10.1 Å². The predicted molar refractivity (Wildman–Crippen MR) is 106 cm³/mol. The van der Waals surface area contributed by atoms with Crippen LogP contribution in [-0.4, -0.2) is 33.5 Å². The van der Waals surface area contributed by atoms with Crippen LogP contribution in [0, 0.1) is 11.3 Å². The number of anilines is 1. The molecule has 1 amide bonds. The van der Waals surface area contributed by atoms with Gasteiger partial charge in [-0.25, -0.2) is 4.79 Å². The molecule has 0 aliphatic rings. The molecule has 0 fully saturated rings. The van der Waals surface area contributed by atoms with Crippen molar-refractivity contribution in [3.8, 4) is 11.8 Å². The van der Waals surface area contributed by atoms with Crippen LogP contribution < -0.4 is 5.32 Å². The molecular weight excluding hydrogens is 370 g/mol. The quantitative estimate of drug-likeness (QED) is 0.395. The summed E-state index contributed by atoms with van der Waals surface area (Å²) in [6, 6.07) is 17.3. The van der Waals surface area contributed by atoms with Crippen molar-refractivity contribution in [3.05, 3.63) is 77.6 Å². The van der Waals surface area contributed by atoms with E-state index in [4.69, 9.17) is 4.74 Å². The van der Waals surface area contributed by atoms with Gasteiger partial charge in [0.1, 0.15) is 17.3 Å². The Hall–Kier alpha value is -4.25. The maximum Gasteiger partial charge on any atom is 0.338 e. The number of para-hydroxylation sites is 1. The van der Waals surface area contributed by atoms with Crippen LogP contribution in [0.25, 0.3) is 11.8 Å². The number of nitriles is 1. The number of hydrogen-bond acceptors (Lipinski definition) is 6. The lowest BCUT2D eigenvalue weighted by Gasteiger charge is -2.05. The van der Waals surface area contributed by atoms with Gasteiger partial charge in [-0.3, -0.25) is 4.79 Å². The molecule has 0 unspecified atom stereocenters. The summed E-state index contributed by atoms with van der Waals surface area (Å²) < 4.78 is 4.91. The van der Waals surface area contributed by atoms with Gasteiger partial charge in [0, 0.05) is 5.69 Å². The maximum absolute atomic E-state index is 12.4. The van der Waals surface area contributed by atoms with Gasteiger partial charge in [0.05, 0.1) is 24.1 Å². The van der Waals surface area contributed by atoms with Crippen molar-refractivity contribution < 1.29 is 14.3 Å². The van der Waals surface area contributed by atoms with Crippen molar-refractivity contribution in [3.63, 3.8) is 0 Å². The van der Waals surface area contributed by atoms with Gasteiger partial charge in [0.25, 0.3) is 5.91 Å². The van der Waals surface area contributed by atoms with Gasteiger partial charge in [0.15, 0.2) is 0 Å². The van der Waals surface area contributed by atoms with Crippen molar-refractivity contribution in [2.45, 2.75) is 6.92 Å². The van der Waals surface area contributed by atoms with E-state index in [0.717, 1.165) is 5.69 Å². The van der Waals surface area contributed by atoms with Gasteiger partial charge >= 0.3 is 5.97 Å². The summed E-state index contributed by atoms with van der Waals surface area (Å²) in [7, 11) is 0. The minimum absolute atomic E-state index is 0.125. The summed E-state index contributed by atoms with van der Waals surface area (Å²) in [6.45, 7) is 2.00. The average Bonchev–Trinajstić information content (AvgIpc) is 3.22. The molecule has 144 valence electrons. The number of nitrogens with one attached hydrogen (secondary N) is 1. The third-order valence-electron chi connectivity index (χ3n) is 3.81. The van der Waals surface area contributed by atoms with Crippen LogP contribution in [0.15, 0.2) is 66.4 Å². The van der Waals surface area contributed by atoms with E-state index in [1.807, 2.05) is 36.4 Å². The monoisotopic (exact) mass is 387 g/mol. The van der Waals surface area contributed by atoms with Gasteiger partial charge in [-0.05, 0) is 49.4 Å². The van der Waals surface area contributed by atoms with Crippen LogP contribution in [0.2, 0.25) is 0 Å². The lowest BCUT2D eigenvalue weighted by molar-refractivity contribution is -0.112. The number of nitrogens with zero attached hydrogens (tertiary/aromatic N) is 4. The molecule has 8 heteroatoms. The zero-order chi connectivity index (χ0) is 20.6. The highest BCUT2D eigenvalue weighted by atomic mass is 16.5. The molecule has 0 bridgehead atoms. The maximum atomic E-state index is 12.4. The molecule has 0 aliphatic heterocycles. The second kappa shape index (κ2) is 9.10. The molecule has 0 radical (unpaired) electrons. The number of aromatic nitrogens is 3. The summed E-state index contributed by atoms with van der Waals surface area (Å²) in [5, 5.41) is 20.3. The Balaban J connectivity index is 1.72. The summed E-state index contributed by atoms with van der Waals surface area (Å²) in [5.41, 5.74) is 1.82. The molecule has 3 aromatic rings. The van der Waals surface area contributed by atoms with Gasteiger partial charge in [-0.1, -0.05) is 18.2 Å². The second-order valence-electron chi connectivity index (χ2n) is 5.82. The SMILES string of the molecule is CCOC(=O)c1ccc(NC(=O)/C(C#N)=C\c2cnn(-c3ccccc3)n2)cc1. The molecule has 0 saturated carbocycles. The first-order chi connectivity index (χ1) is 14.1. The summed E-state index contributed by atoms with van der Waals surface area (Å²) in [4.78, 5) is 25.5. The Bertz CT molecular complexity index is 1080. The van der Waals surface area contributed by atoms with Crippen LogP contribution in [0.4, 0.5) is 5.69 Å².